The van der Waals surface area contributed by atoms with Crippen LogP contribution in [0.15, 0.2) is 78.9 Å². The molecule has 0 unspecified atom stereocenters. The highest BCUT2D eigenvalue weighted by Crippen LogP contribution is 2.34. The lowest BCUT2D eigenvalue weighted by atomic mass is 10.0. The van der Waals surface area contributed by atoms with E-state index in [4.69, 9.17) is 14.2 Å². The molecule has 0 aliphatic rings. The molecule has 8 heteroatoms. The first kappa shape index (κ1) is 23.6. The Kier molecular flexibility index (Phi) is 8.26. The minimum atomic E-state index is -1.06. The number of imide groups is 1. The van der Waals surface area contributed by atoms with Gasteiger partial charge < -0.3 is 24.4 Å². The van der Waals surface area contributed by atoms with Crippen LogP contribution in [-0.4, -0.2) is 42.0 Å². The summed E-state index contributed by atoms with van der Waals surface area (Å²) in [6.07, 6.45) is -2.75. The number of amides is 2. The molecule has 3 N–H and O–H groups in total. The molecule has 0 saturated heterocycles. The van der Waals surface area contributed by atoms with Crippen LogP contribution in [0.5, 0.6) is 17.2 Å². The van der Waals surface area contributed by atoms with Gasteiger partial charge in [-0.15, -0.1) is 0 Å². The fourth-order valence-corrected chi connectivity index (χ4v) is 3.21. The number of carbonyl (C=O) groups excluding carboxylic acids is 2. The van der Waals surface area contributed by atoms with Crippen molar-refractivity contribution in [3.05, 3.63) is 90.0 Å². The first-order valence-corrected chi connectivity index (χ1v) is 10.3. The predicted octanol–water partition coefficient (Wildman–Crippen LogP) is 3.84. The van der Waals surface area contributed by atoms with E-state index >= 15 is 0 Å². The number of nitrogens with one attached hydrogen (secondary N) is 1. The van der Waals surface area contributed by atoms with Crippen molar-refractivity contribution in [2.45, 2.75) is 18.6 Å². The van der Waals surface area contributed by atoms with Crippen molar-refractivity contribution >= 4 is 12.0 Å². The largest absolute Gasteiger partial charge is 0.504 e. The predicted molar refractivity (Wildman–Crippen MR) is 120 cm³/mol. The average Bonchev–Trinajstić information content (AvgIpc) is 2.83. The minimum Gasteiger partial charge on any atom is -0.504 e. The number of alkyl carbamates (subject to hydrolysis) is 1. The average molecular weight is 451 g/mol. The topological polar surface area (TPSA) is 114 Å². The van der Waals surface area contributed by atoms with E-state index in [1.54, 1.807) is 60.7 Å². The lowest BCUT2D eigenvalue weighted by molar-refractivity contribution is 0.00377. The zero-order valence-corrected chi connectivity index (χ0v) is 18.0. The number of phenolic OH excluding ortho intramolecular Hbond substituents is 1. The molecule has 3 aromatic rings. The zero-order chi connectivity index (χ0) is 23.6. The molecule has 0 heterocycles. The molecule has 172 valence electrons. The number of carbonyl (C=O) groups is 2. The molecule has 0 fully saturated rings. The fraction of sp³-hybridized carbons (Fsp3) is 0.200. The zero-order valence-electron chi connectivity index (χ0n) is 18.0. The van der Waals surface area contributed by atoms with Crippen molar-refractivity contribution in [3.63, 3.8) is 0 Å². The van der Waals surface area contributed by atoms with E-state index in [-0.39, 0.29) is 24.5 Å². The van der Waals surface area contributed by atoms with Crippen LogP contribution < -0.4 is 14.8 Å². The number of benzene rings is 3. The number of hydrogen-bond donors (Lipinski definition) is 3. The number of aromatic hydroxyl groups is 1. The van der Waals surface area contributed by atoms with Gasteiger partial charge in [0.1, 0.15) is 11.9 Å². The fourth-order valence-electron chi connectivity index (χ4n) is 3.21. The Balaban J connectivity index is 1.87. The SMILES string of the molecule is COc1ccc([C@H](OC(=O)NC(=O)c2ccccc2)[C@H](CCO)Oc2ccccc2)cc1O. The third kappa shape index (κ3) is 6.47. The molecule has 2 atom stereocenters. The standard InChI is InChI=1S/C25H25NO7/c1-31-21-13-12-18(16-20(21)28)23(22(14-15-27)32-19-10-6-3-7-11-19)33-25(30)26-24(29)17-8-4-2-5-9-17/h2-13,16,22-23,27-28H,14-15H2,1H3,(H,26,29,30)/t22-,23-/m0/s1. The second kappa shape index (κ2) is 11.5. The Morgan fingerprint density at radius 2 is 1.64 bits per heavy atom. The van der Waals surface area contributed by atoms with Crippen molar-refractivity contribution in [2.75, 3.05) is 13.7 Å². The number of phenols is 1. The van der Waals surface area contributed by atoms with Gasteiger partial charge in [-0.25, -0.2) is 4.79 Å². The molecule has 0 aliphatic carbocycles. The molecular formula is C25H25NO7. The molecule has 3 rings (SSSR count). The highest BCUT2D eigenvalue weighted by molar-refractivity contribution is 6.02. The number of hydrogen-bond acceptors (Lipinski definition) is 7. The number of ether oxygens (including phenoxy) is 3. The number of aliphatic hydroxyl groups is 1. The van der Waals surface area contributed by atoms with Crippen molar-refractivity contribution in [1.29, 1.82) is 0 Å². The van der Waals surface area contributed by atoms with Crippen LogP contribution in [0.4, 0.5) is 4.79 Å². The van der Waals surface area contributed by atoms with Crippen LogP contribution in [0.25, 0.3) is 0 Å². The van der Waals surface area contributed by atoms with Crippen molar-refractivity contribution in [2.24, 2.45) is 0 Å². The second-order valence-electron chi connectivity index (χ2n) is 7.06. The molecule has 0 saturated carbocycles. The Labute approximate surface area is 191 Å². The molecule has 0 radical (unpaired) electrons. The van der Waals surface area contributed by atoms with Crippen LogP contribution in [0.3, 0.4) is 0 Å². The summed E-state index contributed by atoms with van der Waals surface area (Å²) in [6.45, 7) is -0.246. The van der Waals surface area contributed by atoms with Crippen molar-refractivity contribution in [3.8, 4) is 17.2 Å². The monoisotopic (exact) mass is 451 g/mol. The van der Waals surface area contributed by atoms with Crippen LogP contribution in [0, 0.1) is 0 Å². The first-order chi connectivity index (χ1) is 16.0. The van der Waals surface area contributed by atoms with E-state index in [9.17, 15) is 19.8 Å². The lowest BCUT2D eigenvalue weighted by Gasteiger charge is -2.28. The van der Waals surface area contributed by atoms with Crippen molar-refractivity contribution in [1.82, 2.24) is 5.32 Å². The van der Waals surface area contributed by atoms with E-state index < -0.39 is 24.2 Å². The van der Waals surface area contributed by atoms with Crippen LogP contribution in [0.2, 0.25) is 0 Å². The van der Waals surface area contributed by atoms with Gasteiger partial charge in [-0.3, -0.25) is 10.1 Å². The van der Waals surface area contributed by atoms with E-state index in [2.05, 4.69) is 5.32 Å². The molecule has 0 spiro atoms. The summed E-state index contributed by atoms with van der Waals surface area (Å²) in [5.41, 5.74) is 0.686. The number of rotatable bonds is 9. The summed E-state index contributed by atoms with van der Waals surface area (Å²) in [5, 5.41) is 22.0. The normalized spacial score (nSPS) is 12.3. The van der Waals surface area contributed by atoms with Gasteiger partial charge in [0, 0.05) is 24.2 Å². The Morgan fingerprint density at radius 3 is 2.24 bits per heavy atom. The van der Waals surface area contributed by atoms with Crippen LogP contribution >= 0.6 is 0 Å². The Bertz CT molecular complexity index is 1060. The molecule has 2 amide bonds. The summed E-state index contributed by atoms with van der Waals surface area (Å²) >= 11 is 0. The quantitative estimate of drug-likeness (QED) is 0.453. The highest BCUT2D eigenvalue weighted by Gasteiger charge is 2.30. The summed E-state index contributed by atoms with van der Waals surface area (Å²) in [5.74, 6) is -0.0432. The maximum Gasteiger partial charge on any atom is 0.414 e. The summed E-state index contributed by atoms with van der Waals surface area (Å²) in [4.78, 5) is 25.0. The first-order valence-electron chi connectivity index (χ1n) is 10.3. The summed E-state index contributed by atoms with van der Waals surface area (Å²) in [7, 11) is 1.42. The van der Waals surface area contributed by atoms with Gasteiger partial charge in [-0.05, 0) is 36.4 Å². The minimum absolute atomic E-state index is 0.117. The number of aliphatic hydroxyl groups excluding tert-OH is 1. The Hall–Kier alpha value is -4.04. The number of methoxy groups -OCH3 is 1. The lowest BCUT2D eigenvalue weighted by Crippen LogP contribution is -2.36. The van der Waals surface area contributed by atoms with Crippen molar-refractivity contribution < 1.29 is 34.0 Å². The third-order valence-corrected chi connectivity index (χ3v) is 4.80. The molecule has 0 aliphatic heterocycles. The van der Waals surface area contributed by atoms with Gasteiger partial charge in [-0.2, -0.15) is 0 Å². The molecule has 0 bridgehead atoms. The third-order valence-electron chi connectivity index (χ3n) is 4.80. The van der Waals surface area contributed by atoms with Gasteiger partial charge in [0.15, 0.2) is 17.6 Å². The molecular weight excluding hydrogens is 426 g/mol. The van der Waals surface area contributed by atoms with E-state index in [1.165, 1.54) is 19.2 Å². The van der Waals surface area contributed by atoms with Gasteiger partial charge in [0.05, 0.1) is 7.11 Å². The summed E-state index contributed by atoms with van der Waals surface area (Å²) < 4.78 is 16.7. The van der Waals surface area contributed by atoms with Crippen LogP contribution in [0.1, 0.15) is 28.4 Å². The van der Waals surface area contributed by atoms with Gasteiger partial charge in [0.25, 0.3) is 5.91 Å². The van der Waals surface area contributed by atoms with Gasteiger partial charge >= 0.3 is 6.09 Å². The highest BCUT2D eigenvalue weighted by atomic mass is 16.6. The van der Waals surface area contributed by atoms with E-state index in [1.807, 2.05) is 6.07 Å². The van der Waals surface area contributed by atoms with Gasteiger partial charge in [-0.1, -0.05) is 42.5 Å². The van der Waals surface area contributed by atoms with Crippen LogP contribution in [-0.2, 0) is 4.74 Å². The second-order valence-corrected chi connectivity index (χ2v) is 7.06. The van der Waals surface area contributed by atoms with E-state index in [0.29, 0.717) is 16.9 Å². The van der Waals surface area contributed by atoms with Gasteiger partial charge in [0.2, 0.25) is 0 Å². The van der Waals surface area contributed by atoms with E-state index in [0.717, 1.165) is 0 Å². The Morgan fingerprint density at radius 1 is 0.970 bits per heavy atom. The maximum absolute atomic E-state index is 12.6. The smallest absolute Gasteiger partial charge is 0.414 e. The molecule has 8 nitrogen and oxygen atoms in total. The molecule has 0 aromatic heterocycles. The summed E-state index contributed by atoms with van der Waals surface area (Å²) in [6, 6.07) is 21.6. The molecule has 3 aromatic carbocycles. The maximum atomic E-state index is 12.6. The number of para-hydroxylation sites is 1. The molecule has 33 heavy (non-hydrogen) atoms.